The van der Waals surface area contributed by atoms with Gasteiger partial charge in [0.2, 0.25) is 0 Å². The van der Waals surface area contributed by atoms with E-state index < -0.39 is 0 Å². The Kier molecular flexibility index (Phi) is 5.62. The van der Waals surface area contributed by atoms with Gasteiger partial charge in [-0.3, -0.25) is 4.90 Å². The first-order chi connectivity index (χ1) is 9.58. The number of nitrogens with zero attached hydrogens (tertiary/aromatic N) is 1. The van der Waals surface area contributed by atoms with Crippen LogP contribution in [0.15, 0.2) is 24.3 Å². The summed E-state index contributed by atoms with van der Waals surface area (Å²) in [5.41, 5.74) is 8.93. The molecule has 1 aliphatic carbocycles. The van der Waals surface area contributed by atoms with Crippen LogP contribution in [0, 0.1) is 12.8 Å². The standard InChI is InChI=1S/C18H30N2/c1-14-9-11-17(12-10-14)18(15(2)19)20(3)13-16-7-5-4-6-8-16/h9-12,15-16,18H,4-8,13,19H2,1-3H3. The lowest BCUT2D eigenvalue weighted by molar-refractivity contribution is 0.166. The molecule has 2 atom stereocenters. The maximum Gasteiger partial charge on any atom is 0.0493 e. The maximum absolute atomic E-state index is 6.27. The van der Waals surface area contributed by atoms with Gasteiger partial charge in [-0.05, 0) is 45.2 Å². The van der Waals surface area contributed by atoms with Gasteiger partial charge in [0.15, 0.2) is 0 Å². The molecule has 2 nitrogen and oxygen atoms in total. The summed E-state index contributed by atoms with van der Waals surface area (Å²) in [4.78, 5) is 2.48. The zero-order chi connectivity index (χ0) is 14.5. The van der Waals surface area contributed by atoms with Crippen molar-refractivity contribution < 1.29 is 0 Å². The Balaban J connectivity index is 2.05. The van der Waals surface area contributed by atoms with Gasteiger partial charge < -0.3 is 5.73 Å². The molecule has 20 heavy (non-hydrogen) atoms. The topological polar surface area (TPSA) is 29.3 Å². The van der Waals surface area contributed by atoms with E-state index in [9.17, 15) is 0 Å². The largest absolute Gasteiger partial charge is 0.326 e. The van der Waals surface area contributed by atoms with Gasteiger partial charge in [0.1, 0.15) is 0 Å². The summed E-state index contributed by atoms with van der Waals surface area (Å²) in [6, 6.07) is 9.35. The highest BCUT2D eigenvalue weighted by Gasteiger charge is 2.24. The average Bonchev–Trinajstić information content (AvgIpc) is 2.42. The first-order valence-corrected chi connectivity index (χ1v) is 8.10. The maximum atomic E-state index is 6.27. The zero-order valence-corrected chi connectivity index (χ0v) is 13.3. The number of likely N-dealkylation sites (N-methyl/N-ethyl adjacent to an activating group) is 1. The molecule has 2 unspecified atom stereocenters. The van der Waals surface area contributed by atoms with Crippen molar-refractivity contribution in [2.75, 3.05) is 13.6 Å². The summed E-state index contributed by atoms with van der Waals surface area (Å²) in [7, 11) is 2.24. The van der Waals surface area contributed by atoms with Crippen LogP contribution in [-0.2, 0) is 0 Å². The molecule has 2 N–H and O–H groups in total. The van der Waals surface area contributed by atoms with E-state index in [1.54, 1.807) is 0 Å². The lowest BCUT2D eigenvalue weighted by Gasteiger charge is -2.35. The van der Waals surface area contributed by atoms with Crippen LogP contribution in [0.25, 0.3) is 0 Å². The zero-order valence-electron chi connectivity index (χ0n) is 13.3. The summed E-state index contributed by atoms with van der Waals surface area (Å²) in [6.07, 6.45) is 7.03. The van der Waals surface area contributed by atoms with E-state index in [1.165, 1.54) is 49.8 Å². The highest BCUT2D eigenvalue weighted by atomic mass is 15.1. The number of nitrogens with two attached hydrogens (primary N) is 1. The lowest BCUT2D eigenvalue weighted by Crippen LogP contribution is -2.39. The molecule has 2 rings (SSSR count). The van der Waals surface area contributed by atoms with Crippen molar-refractivity contribution in [1.29, 1.82) is 0 Å². The molecule has 1 aliphatic rings. The van der Waals surface area contributed by atoms with Crippen LogP contribution in [0.2, 0.25) is 0 Å². The number of rotatable bonds is 5. The first-order valence-electron chi connectivity index (χ1n) is 8.10. The summed E-state index contributed by atoms with van der Waals surface area (Å²) in [5.74, 6) is 0.862. The minimum Gasteiger partial charge on any atom is -0.326 e. The van der Waals surface area contributed by atoms with Crippen molar-refractivity contribution in [3.8, 4) is 0 Å². The Morgan fingerprint density at radius 3 is 2.30 bits per heavy atom. The molecule has 1 saturated carbocycles. The smallest absolute Gasteiger partial charge is 0.0493 e. The molecule has 112 valence electrons. The Bertz CT molecular complexity index is 390. The molecule has 0 saturated heterocycles. The highest BCUT2D eigenvalue weighted by Crippen LogP contribution is 2.28. The molecule has 1 fully saturated rings. The van der Waals surface area contributed by atoms with Crippen molar-refractivity contribution in [1.82, 2.24) is 4.90 Å². The second-order valence-corrected chi connectivity index (χ2v) is 6.66. The van der Waals surface area contributed by atoms with Gasteiger partial charge in [0.25, 0.3) is 0 Å². The van der Waals surface area contributed by atoms with Gasteiger partial charge in [-0.25, -0.2) is 0 Å². The lowest BCUT2D eigenvalue weighted by atomic mass is 9.88. The first kappa shape index (κ1) is 15.5. The average molecular weight is 274 g/mol. The van der Waals surface area contributed by atoms with Crippen molar-refractivity contribution in [3.05, 3.63) is 35.4 Å². The summed E-state index contributed by atoms with van der Waals surface area (Å²) in [5, 5.41) is 0. The molecule has 0 radical (unpaired) electrons. The van der Waals surface area contributed by atoms with E-state index >= 15 is 0 Å². The van der Waals surface area contributed by atoms with E-state index in [4.69, 9.17) is 5.73 Å². The molecular formula is C18H30N2. The monoisotopic (exact) mass is 274 g/mol. The van der Waals surface area contributed by atoms with Crippen LogP contribution in [0.1, 0.15) is 56.2 Å². The predicted molar refractivity (Wildman–Crippen MR) is 86.8 cm³/mol. The van der Waals surface area contributed by atoms with E-state index in [0.29, 0.717) is 6.04 Å². The minimum absolute atomic E-state index is 0.159. The summed E-state index contributed by atoms with van der Waals surface area (Å²) < 4.78 is 0. The molecule has 0 aliphatic heterocycles. The van der Waals surface area contributed by atoms with E-state index in [1.807, 2.05) is 0 Å². The molecule has 2 heteroatoms. The SMILES string of the molecule is Cc1ccc(C(C(C)N)N(C)CC2CCCCC2)cc1. The van der Waals surface area contributed by atoms with Crippen LogP contribution in [0.3, 0.4) is 0 Å². The molecular weight excluding hydrogens is 244 g/mol. The molecule has 1 aromatic carbocycles. The molecule has 1 aromatic rings. The molecule has 0 spiro atoms. The van der Waals surface area contributed by atoms with E-state index in [-0.39, 0.29) is 6.04 Å². The van der Waals surface area contributed by atoms with Crippen molar-refractivity contribution in [3.63, 3.8) is 0 Å². The van der Waals surface area contributed by atoms with Crippen LogP contribution in [0.4, 0.5) is 0 Å². The number of aryl methyl sites for hydroxylation is 1. The van der Waals surface area contributed by atoms with Crippen molar-refractivity contribution in [2.24, 2.45) is 11.7 Å². The Morgan fingerprint density at radius 2 is 1.75 bits per heavy atom. The van der Waals surface area contributed by atoms with Crippen LogP contribution >= 0.6 is 0 Å². The minimum atomic E-state index is 0.159. The van der Waals surface area contributed by atoms with Gasteiger partial charge in [0.05, 0.1) is 0 Å². The van der Waals surface area contributed by atoms with Crippen molar-refractivity contribution >= 4 is 0 Å². The van der Waals surface area contributed by atoms with Crippen molar-refractivity contribution in [2.45, 2.75) is 58.0 Å². The fourth-order valence-electron chi connectivity index (χ4n) is 3.61. The van der Waals surface area contributed by atoms with Gasteiger partial charge >= 0.3 is 0 Å². The third-order valence-electron chi connectivity index (χ3n) is 4.66. The summed E-state index contributed by atoms with van der Waals surface area (Å²) >= 11 is 0. The van der Waals surface area contributed by atoms with Crippen LogP contribution < -0.4 is 5.73 Å². The predicted octanol–water partition coefficient (Wildman–Crippen LogP) is 3.90. The fraction of sp³-hybridized carbons (Fsp3) is 0.667. The molecule has 0 amide bonds. The van der Waals surface area contributed by atoms with E-state index in [0.717, 1.165) is 5.92 Å². The summed E-state index contributed by atoms with van der Waals surface area (Å²) in [6.45, 7) is 5.44. The number of hydrogen-bond donors (Lipinski definition) is 1. The second kappa shape index (κ2) is 7.24. The Hall–Kier alpha value is -0.860. The molecule has 0 bridgehead atoms. The van der Waals surface area contributed by atoms with Gasteiger partial charge in [0, 0.05) is 18.6 Å². The van der Waals surface area contributed by atoms with Crippen LogP contribution in [0.5, 0.6) is 0 Å². The third-order valence-corrected chi connectivity index (χ3v) is 4.66. The highest BCUT2D eigenvalue weighted by molar-refractivity contribution is 5.25. The van der Waals surface area contributed by atoms with Crippen LogP contribution in [-0.4, -0.2) is 24.5 Å². The fourth-order valence-corrected chi connectivity index (χ4v) is 3.61. The quantitative estimate of drug-likeness (QED) is 0.882. The normalized spacial score (nSPS) is 20.1. The second-order valence-electron chi connectivity index (χ2n) is 6.66. The van der Waals surface area contributed by atoms with E-state index in [2.05, 4.69) is 50.1 Å². The van der Waals surface area contributed by atoms with Gasteiger partial charge in [-0.1, -0.05) is 49.1 Å². The molecule has 0 aromatic heterocycles. The van der Waals surface area contributed by atoms with Gasteiger partial charge in [-0.2, -0.15) is 0 Å². The number of benzene rings is 1. The molecule has 0 heterocycles. The Labute approximate surface area is 124 Å². The van der Waals surface area contributed by atoms with Gasteiger partial charge in [-0.15, -0.1) is 0 Å². The third kappa shape index (κ3) is 4.07. The Morgan fingerprint density at radius 1 is 1.15 bits per heavy atom. The number of hydrogen-bond acceptors (Lipinski definition) is 2.